The molecule has 3 aromatic carbocycles. The Labute approximate surface area is 220 Å². The first-order chi connectivity index (χ1) is 18.2. The van der Waals surface area contributed by atoms with Crippen molar-refractivity contribution in [2.45, 2.75) is 0 Å². The van der Waals surface area contributed by atoms with Crippen LogP contribution in [-0.4, -0.2) is 54.5 Å². The zero-order valence-electron chi connectivity index (χ0n) is 19.9. The van der Waals surface area contributed by atoms with Gasteiger partial charge in [0.05, 0.1) is 29.7 Å². The van der Waals surface area contributed by atoms with Crippen molar-refractivity contribution in [2.75, 3.05) is 25.6 Å². The Hall–Kier alpha value is -4.84. The molecule has 12 heteroatoms. The van der Waals surface area contributed by atoms with E-state index >= 15 is 0 Å². The van der Waals surface area contributed by atoms with Crippen molar-refractivity contribution in [1.29, 1.82) is 0 Å². The standard InChI is InChI=1S/C26H21N3O8S/c1-36-24(33)16-10-15(23(31)32)11-17(12-16)28-25(34)27-8-9-37-20-7-6-14(18-4-2-3-5-19(18)20)13-21-22(30)29-26(35)38-21/h2-7,10-13H,8-9H2,1H3,(H,31,32)(H2,27,28,34)(H,29,30,35). The van der Waals surface area contributed by atoms with E-state index in [1.165, 1.54) is 19.2 Å². The van der Waals surface area contributed by atoms with Crippen molar-refractivity contribution in [3.8, 4) is 5.75 Å². The van der Waals surface area contributed by atoms with Gasteiger partial charge in [-0.1, -0.05) is 30.3 Å². The topological polar surface area (TPSA) is 160 Å². The molecule has 0 radical (unpaired) electrons. The van der Waals surface area contributed by atoms with Crippen molar-refractivity contribution in [2.24, 2.45) is 0 Å². The van der Waals surface area contributed by atoms with E-state index in [1.807, 2.05) is 24.3 Å². The summed E-state index contributed by atoms with van der Waals surface area (Å²) in [7, 11) is 1.17. The fourth-order valence-electron chi connectivity index (χ4n) is 3.67. The average molecular weight is 536 g/mol. The monoisotopic (exact) mass is 535 g/mol. The summed E-state index contributed by atoms with van der Waals surface area (Å²) in [6.07, 6.45) is 1.65. The number of carboxylic acid groups (broad SMARTS) is 1. The number of methoxy groups -OCH3 is 1. The molecule has 0 bridgehead atoms. The van der Waals surface area contributed by atoms with E-state index in [0.717, 1.165) is 34.2 Å². The second-order valence-electron chi connectivity index (χ2n) is 7.88. The zero-order valence-corrected chi connectivity index (χ0v) is 20.7. The van der Waals surface area contributed by atoms with Crippen LogP contribution in [0.2, 0.25) is 0 Å². The molecule has 1 fully saturated rings. The van der Waals surface area contributed by atoms with E-state index in [9.17, 15) is 29.1 Å². The highest BCUT2D eigenvalue weighted by atomic mass is 32.2. The molecule has 0 aromatic heterocycles. The van der Waals surface area contributed by atoms with E-state index in [-0.39, 0.29) is 30.0 Å². The van der Waals surface area contributed by atoms with Crippen molar-refractivity contribution < 1.29 is 38.6 Å². The van der Waals surface area contributed by atoms with Crippen LogP contribution in [-0.2, 0) is 9.53 Å². The van der Waals surface area contributed by atoms with Crippen LogP contribution in [0, 0.1) is 0 Å². The van der Waals surface area contributed by atoms with E-state index < -0.39 is 29.1 Å². The SMILES string of the molecule is COC(=O)c1cc(NC(=O)NCCOc2ccc(C=C3SC(=O)NC3=O)c3ccccc23)cc(C(=O)O)c1. The fraction of sp³-hybridized carbons (Fsp3) is 0.115. The van der Waals surface area contributed by atoms with Crippen molar-refractivity contribution in [3.63, 3.8) is 0 Å². The van der Waals surface area contributed by atoms with E-state index in [2.05, 4.69) is 20.7 Å². The minimum Gasteiger partial charge on any atom is -0.491 e. The number of carbonyl (C=O) groups excluding carboxylic acids is 4. The maximum Gasteiger partial charge on any atom is 0.337 e. The van der Waals surface area contributed by atoms with E-state index in [4.69, 9.17) is 4.74 Å². The van der Waals surface area contributed by atoms with Gasteiger partial charge in [0, 0.05) is 11.1 Å². The second-order valence-corrected chi connectivity index (χ2v) is 8.89. The predicted molar refractivity (Wildman–Crippen MR) is 140 cm³/mol. The van der Waals surface area contributed by atoms with E-state index in [0.29, 0.717) is 10.7 Å². The van der Waals surface area contributed by atoms with Gasteiger partial charge >= 0.3 is 18.0 Å². The fourth-order valence-corrected chi connectivity index (χ4v) is 4.34. The first-order valence-corrected chi connectivity index (χ1v) is 12.0. The molecule has 0 spiro atoms. The molecule has 1 heterocycles. The summed E-state index contributed by atoms with van der Waals surface area (Å²) in [4.78, 5) is 59.1. The molecule has 0 aliphatic carbocycles. The van der Waals surface area contributed by atoms with Gasteiger partial charge in [0.1, 0.15) is 12.4 Å². The number of esters is 1. The summed E-state index contributed by atoms with van der Waals surface area (Å²) in [5, 5.41) is 17.8. The average Bonchev–Trinajstić information content (AvgIpc) is 3.22. The highest BCUT2D eigenvalue weighted by Gasteiger charge is 2.25. The molecule has 4 amide bonds. The molecule has 1 aliphatic rings. The molecule has 194 valence electrons. The van der Waals surface area contributed by atoms with Crippen LogP contribution in [0.5, 0.6) is 5.75 Å². The van der Waals surface area contributed by atoms with Crippen LogP contribution in [0.25, 0.3) is 16.8 Å². The Morgan fingerprint density at radius 2 is 1.76 bits per heavy atom. The maximum atomic E-state index is 12.3. The second kappa shape index (κ2) is 11.5. The molecule has 0 atom stereocenters. The van der Waals surface area contributed by atoms with Gasteiger partial charge in [-0.25, -0.2) is 14.4 Å². The number of thioether (sulfide) groups is 1. The Morgan fingerprint density at radius 1 is 1.03 bits per heavy atom. The van der Waals surface area contributed by atoms with Gasteiger partial charge in [-0.3, -0.25) is 14.9 Å². The van der Waals surface area contributed by atoms with Gasteiger partial charge < -0.3 is 25.2 Å². The lowest BCUT2D eigenvalue weighted by Gasteiger charge is -2.13. The summed E-state index contributed by atoms with van der Waals surface area (Å²) in [6.45, 7) is 0.237. The van der Waals surface area contributed by atoms with Gasteiger partial charge in [-0.2, -0.15) is 0 Å². The quantitative estimate of drug-likeness (QED) is 0.191. The molecule has 11 nitrogen and oxygen atoms in total. The number of hydrogen-bond acceptors (Lipinski definition) is 8. The number of rotatable bonds is 8. The molecule has 1 saturated heterocycles. The Bertz CT molecular complexity index is 1500. The smallest absolute Gasteiger partial charge is 0.337 e. The highest BCUT2D eigenvalue weighted by Crippen LogP contribution is 2.32. The lowest BCUT2D eigenvalue weighted by molar-refractivity contribution is -0.115. The molecule has 0 saturated carbocycles. The number of imide groups is 1. The van der Waals surface area contributed by atoms with Gasteiger partial charge in [0.25, 0.3) is 11.1 Å². The number of urea groups is 1. The minimum atomic E-state index is -1.26. The third-order valence-corrected chi connectivity index (χ3v) is 6.16. The summed E-state index contributed by atoms with van der Waals surface area (Å²) < 4.78 is 10.5. The van der Waals surface area contributed by atoms with Crippen LogP contribution in [0.1, 0.15) is 26.3 Å². The molecule has 0 unspecified atom stereocenters. The highest BCUT2D eigenvalue weighted by molar-refractivity contribution is 8.18. The molecular weight excluding hydrogens is 514 g/mol. The number of ether oxygens (including phenoxy) is 2. The number of amides is 4. The lowest BCUT2D eigenvalue weighted by Crippen LogP contribution is -2.32. The molecule has 3 aromatic rings. The Kier molecular flexibility index (Phi) is 7.92. The Balaban J connectivity index is 1.39. The molecule has 38 heavy (non-hydrogen) atoms. The van der Waals surface area contributed by atoms with Crippen LogP contribution < -0.4 is 20.7 Å². The van der Waals surface area contributed by atoms with Crippen LogP contribution in [0.3, 0.4) is 0 Å². The van der Waals surface area contributed by atoms with Crippen molar-refractivity contribution in [3.05, 3.63) is 76.2 Å². The molecule has 4 rings (SSSR count). The van der Waals surface area contributed by atoms with Gasteiger partial charge in [0.15, 0.2) is 0 Å². The molecular formula is C26H21N3O8S. The number of carboxylic acids is 1. The largest absolute Gasteiger partial charge is 0.491 e. The van der Waals surface area contributed by atoms with E-state index in [1.54, 1.807) is 18.2 Å². The number of anilines is 1. The number of carbonyl (C=O) groups is 5. The first kappa shape index (κ1) is 26.2. The van der Waals surface area contributed by atoms with Crippen LogP contribution in [0.4, 0.5) is 15.3 Å². The number of aromatic carboxylic acids is 1. The molecule has 1 aliphatic heterocycles. The number of nitrogens with one attached hydrogen (secondary N) is 3. The normalized spacial score (nSPS) is 13.8. The first-order valence-electron chi connectivity index (χ1n) is 11.2. The number of fused-ring (bicyclic) bond motifs is 1. The summed E-state index contributed by atoms with van der Waals surface area (Å²) in [5.74, 6) is -1.88. The number of benzene rings is 3. The zero-order chi connectivity index (χ0) is 27.2. The summed E-state index contributed by atoms with van der Waals surface area (Å²) in [5.41, 5.74) is 0.648. The van der Waals surface area contributed by atoms with Crippen molar-refractivity contribution in [1.82, 2.24) is 10.6 Å². The van der Waals surface area contributed by atoms with Crippen molar-refractivity contribution >= 4 is 63.4 Å². The molecule has 4 N–H and O–H groups in total. The lowest BCUT2D eigenvalue weighted by atomic mass is 10.0. The number of hydrogen-bond donors (Lipinski definition) is 4. The van der Waals surface area contributed by atoms with Gasteiger partial charge in [-0.05, 0) is 53.1 Å². The van der Waals surface area contributed by atoms with Gasteiger partial charge in [0.2, 0.25) is 0 Å². The predicted octanol–water partition coefficient (Wildman–Crippen LogP) is 3.85. The Morgan fingerprint density at radius 3 is 2.45 bits per heavy atom. The summed E-state index contributed by atoms with van der Waals surface area (Å²) >= 11 is 0.839. The van der Waals surface area contributed by atoms with Gasteiger partial charge in [-0.15, -0.1) is 0 Å². The third-order valence-electron chi connectivity index (χ3n) is 5.35. The maximum absolute atomic E-state index is 12.3. The third kappa shape index (κ3) is 6.10. The summed E-state index contributed by atoms with van der Waals surface area (Å²) in [6, 6.07) is 14.0. The van der Waals surface area contributed by atoms with Crippen LogP contribution >= 0.6 is 11.8 Å². The van der Waals surface area contributed by atoms with Crippen LogP contribution in [0.15, 0.2) is 59.5 Å². The minimum absolute atomic E-state index is 0.0178.